The molecule has 2 N–H and O–H groups in total. The number of halogens is 1. The largest absolute Gasteiger partial charge is 0.493 e. The zero-order valence-electron chi connectivity index (χ0n) is 11.3. The van der Waals surface area contributed by atoms with Gasteiger partial charge < -0.3 is 15.2 Å². The lowest BCUT2D eigenvalue weighted by atomic mass is 10.2. The number of nitrogens with zero attached hydrogens (tertiary/aromatic N) is 1. The minimum atomic E-state index is 0.407. The van der Waals surface area contributed by atoms with E-state index in [-0.39, 0.29) is 0 Å². The lowest BCUT2D eigenvalue weighted by Gasteiger charge is -2.13. The van der Waals surface area contributed by atoms with Crippen LogP contribution in [-0.4, -0.2) is 18.7 Å². The number of rotatable bonds is 6. The molecular weight excluding hydrogens is 276 g/mol. The average molecular weight is 293 g/mol. The molecule has 0 saturated carbocycles. The molecule has 2 rings (SSSR count). The molecule has 0 fully saturated rings. The highest BCUT2D eigenvalue weighted by Gasteiger charge is 2.11. The van der Waals surface area contributed by atoms with Gasteiger partial charge in [0, 0.05) is 24.9 Å². The molecule has 2 aromatic rings. The van der Waals surface area contributed by atoms with E-state index in [1.165, 1.54) is 0 Å². The van der Waals surface area contributed by atoms with Crippen molar-refractivity contribution < 1.29 is 9.47 Å². The SMILES string of the molecule is COc1cc(CN)cc(Cl)c1OCCc1ccccn1. The molecule has 5 heteroatoms. The summed E-state index contributed by atoms with van der Waals surface area (Å²) in [4.78, 5) is 4.24. The van der Waals surface area contributed by atoms with Gasteiger partial charge in [0.2, 0.25) is 0 Å². The smallest absolute Gasteiger partial charge is 0.179 e. The molecule has 1 heterocycles. The molecule has 0 bridgehead atoms. The molecule has 0 radical (unpaired) electrons. The molecule has 1 aromatic heterocycles. The molecule has 0 aliphatic rings. The number of hydrogen-bond acceptors (Lipinski definition) is 4. The highest BCUT2D eigenvalue weighted by Crippen LogP contribution is 2.36. The van der Waals surface area contributed by atoms with Crippen LogP contribution in [0.4, 0.5) is 0 Å². The van der Waals surface area contributed by atoms with E-state index in [1.54, 1.807) is 19.4 Å². The summed E-state index contributed by atoms with van der Waals surface area (Å²) in [5.41, 5.74) is 7.48. The quantitative estimate of drug-likeness (QED) is 0.889. The van der Waals surface area contributed by atoms with Gasteiger partial charge in [-0.2, -0.15) is 0 Å². The Morgan fingerprint density at radius 1 is 1.30 bits per heavy atom. The normalized spacial score (nSPS) is 10.3. The maximum atomic E-state index is 6.20. The van der Waals surface area contributed by atoms with Crippen LogP contribution < -0.4 is 15.2 Å². The molecule has 0 aliphatic carbocycles. The van der Waals surface area contributed by atoms with E-state index in [1.807, 2.05) is 24.3 Å². The highest BCUT2D eigenvalue weighted by molar-refractivity contribution is 6.32. The summed E-state index contributed by atoms with van der Waals surface area (Å²) in [6.07, 6.45) is 2.47. The van der Waals surface area contributed by atoms with E-state index in [9.17, 15) is 0 Å². The predicted octanol–water partition coefficient (Wildman–Crippen LogP) is 2.82. The van der Waals surface area contributed by atoms with Gasteiger partial charge in [0.15, 0.2) is 11.5 Å². The molecule has 0 amide bonds. The summed E-state index contributed by atoms with van der Waals surface area (Å²) in [5.74, 6) is 1.14. The van der Waals surface area contributed by atoms with Gasteiger partial charge >= 0.3 is 0 Å². The first-order valence-electron chi connectivity index (χ1n) is 6.33. The van der Waals surface area contributed by atoms with Crippen LogP contribution in [0.5, 0.6) is 11.5 Å². The summed E-state index contributed by atoms with van der Waals surface area (Å²) >= 11 is 6.20. The zero-order chi connectivity index (χ0) is 14.4. The molecule has 1 aromatic carbocycles. The third kappa shape index (κ3) is 3.62. The average Bonchev–Trinajstić information content (AvgIpc) is 2.49. The van der Waals surface area contributed by atoms with Gasteiger partial charge in [-0.25, -0.2) is 0 Å². The molecule has 0 unspecified atom stereocenters. The fourth-order valence-corrected chi connectivity index (χ4v) is 2.12. The van der Waals surface area contributed by atoms with Crippen molar-refractivity contribution >= 4 is 11.6 Å². The van der Waals surface area contributed by atoms with Crippen molar-refractivity contribution in [2.45, 2.75) is 13.0 Å². The summed E-state index contributed by atoms with van der Waals surface area (Å²) in [6, 6.07) is 9.42. The van der Waals surface area contributed by atoms with Gasteiger partial charge in [-0.3, -0.25) is 4.98 Å². The van der Waals surface area contributed by atoms with E-state index in [0.717, 1.165) is 11.3 Å². The van der Waals surface area contributed by atoms with E-state index >= 15 is 0 Å². The van der Waals surface area contributed by atoms with Gasteiger partial charge in [-0.1, -0.05) is 17.7 Å². The van der Waals surface area contributed by atoms with Crippen molar-refractivity contribution in [1.82, 2.24) is 4.98 Å². The maximum absolute atomic E-state index is 6.20. The molecule has 20 heavy (non-hydrogen) atoms. The van der Waals surface area contributed by atoms with Crippen LogP contribution in [0.1, 0.15) is 11.3 Å². The third-order valence-corrected chi connectivity index (χ3v) is 3.14. The van der Waals surface area contributed by atoms with Crippen LogP contribution in [0.25, 0.3) is 0 Å². The summed E-state index contributed by atoms with van der Waals surface area (Å²) in [7, 11) is 1.58. The molecule has 0 spiro atoms. The van der Waals surface area contributed by atoms with Gasteiger partial charge in [-0.05, 0) is 29.8 Å². The van der Waals surface area contributed by atoms with Crippen LogP contribution >= 0.6 is 11.6 Å². The first-order chi connectivity index (χ1) is 9.74. The standard InChI is InChI=1S/C15H17ClN2O2/c1-19-14-9-11(10-17)8-13(16)15(14)20-7-5-12-4-2-3-6-18-12/h2-4,6,8-9H,5,7,10,17H2,1H3. The Labute approximate surface area is 123 Å². The number of benzene rings is 1. The van der Waals surface area contributed by atoms with Crippen LogP contribution in [0.15, 0.2) is 36.5 Å². The number of pyridine rings is 1. The minimum absolute atomic E-state index is 0.407. The summed E-state index contributed by atoms with van der Waals surface area (Å²) in [6.45, 7) is 0.888. The van der Waals surface area contributed by atoms with Gasteiger partial charge in [-0.15, -0.1) is 0 Å². The van der Waals surface area contributed by atoms with E-state index < -0.39 is 0 Å². The second-order valence-corrected chi connectivity index (χ2v) is 4.64. The minimum Gasteiger partial charge on any atom is -0.493 e. The Balaban J connectivity index is 2.05. The fraction of sp³-hybridized carbons (Fsp3) is 0.267. The molecule has 106 valence electrons. The van der Waals surface area contributed by atoms with E-state index in [2.05, 4.69) is 4.98 Å². The lowest BCUT2D eigenvalue weighted by Crippen LogP contribution is -2.05. The van der Waals surface area contributed by atoms with E-state index in [4.69, 9.17) is 26.8 Å². The molecule has 0 aliphatic heterocycles. The van der Waals surface area contributed by atoms with E-state index in [0.29, 0.717) is 36.1 Å². The van der Waals surface area contributed by atoms with Crippen LogP contribution in [0.3, 0.4) is 0 Å². The molecule has 0 saturated heterocycles. The fourth-order valence-electron chi connectivity index (χ4n) is 1.83. The van der Waals surface area contributed by atoms with Crippen LogP contribution in [-0.2, 0) is 13.0 Å². The predicted molar refractivity (Wildman–Crippen MR) is 79.3 cm³/mol. The van der Waals surface area contributed by atoms with Gasteiger partial charge in [0.05, 0.1) is 18.7 Å². The summed E-state index contributed by atoms with van der Waals surface area (Å²) in [5, 5.41) is 0.505. The number of nitrogens with two attached hydrogens (primary N) is 1. The second-order valence-electron chi connectivity index (χ2n) is 4.23. The maximum Gasteiger partial charge on any atom is 0.179 e. The van der Waals surface area contributed by atoms with Crippen molar-refractivity contribution in [3.63, 3.8) is 0 Å². The number of methoxy groups -OCH3 is 1. The first kappa shape index (κ1) is 14.6. The van der Waals surface area contributed by atoms with Crippen molar-refractivity contribution in [3.05, 3.63) is 52.8 Å². The molecular formula is C15H17ClN2O2. The second kappa shape index (κ2) is 7.12. The van der Waals surface area contributed by atoms with Crippen molar-refractivity contribution in [3.8, 4) is 11.5 Å². The number of hydrogen-bond donors (Lipinski definition) is 1. The molecule has 4 nitrogen and oxygen atoms in total. The summed E-state index contributed by atoms with van der Waals surface area (Å²) < 4.78 is 11.0. The van der Waals surface area contributed by atoms with Crippen molar-refractivity contribution in [2.75, 3.05) is 13.7 Å². The topological polar surface area (TPSA) is 57.4 Å². The third-order valence-electron chi connectivity index (χ3n) is 2.86. The lowest BCUT2D eigenvalue weighted by molar-refractivity contribution is 0.296. The zero-order valence-corrected chi connectivity index (χ0v) is 12.1. The Bertz CT molecular complexity index is 561. The Hall–Kier alpha value is -1.78. The number of aromatic nitrogens is 1. The van der Waals surface area contributed by atoms with Gasteiger partial charge in [0.25, 0.3) is 0 Å². The molecule has 0 atom stereocenters. The highest BCUT2D eigenvalue weighted by atomic mass is 35.5. The van der Waals surface area contributed by atoms with Crippen LogP contribution in [0.2, 0.25) is 5.02 Å². The first-order valence-corrected chi connectivity index (χ1v) is 6.71. The monoisotopic (exact) mass is 292 g/mol. The van der Waals surface area contributed by atoms with Crippen molar-refractivity contribution in [2.24, 2.45) is 5.73 Å². The number of ether oxygens (including phenoxy) is 2. The Kier molecular flexibility index (Phi) is 5.21. The van der Waals surface area contributed by atoms with Crippen LogP contribution in [0, 0.1) is 0 Å². The Morgan fingerprint density at radius 2 is 2.15 bits per heavy atom. The van der Waals surface area contributed by atoms with Crippen molar-refractivity contribution in [1.29, 1.82) is 0 Å². The van der Waals surface area contributed by atoms with Gasteiger partial charge in [0.1, 0.15) is 0 Å². The Morgan fingerprint density at radius 3 is 2.80 bits per heavy atom.